The fourth-order valence-corrected chi connectivity index (χ4v) is 2.42. The number of ketones is 1. The Bertz CT molecular complexity index is 460. The van der Waals surface area contributed by atoms with Gasteiger partial charge in [-0.1, -0.05) is 17.7 Å². The van der Waals surface area contributed by atoms with Crippen LogP contribution >= 0.6 is 23.4 Å². The van der Waals surface area contributed by atoms with Crippen molar-refractivity contribution in [1.29, 1.82) is 0 Å². The number of rotatable bonds is 5. The van der Waals surface area contributed by atoms with Gasteiger partial charge in [0.2, 0.25) is 5.91 Å². The molecule has 0 aliphatic carbocycles. The van der Waals surface area contributed by atoms with Gasteiger partial charge < -0.3 is 5.32 Å². The van der Waals surface area contributed by atoms with Crippen molar-refractivity contribution in [2.45, 2.75) is 31.7 Å². The van der Waals surface area contributed by atoms with Gasteiger partial charge in [-0.25, -0.2) is 0 Å². The summed E-state index contributed by atoms with van der Waals surface area (Å²) in [5.41, 5.74) is 0.580. The molecule has 1 rings (SSSR count). The average Bonchev–Trinajstić information content (AvgIpc) is 2.26. The van der Waals surface area contributed by atoms with E-state index >= 15 is 0 Å². The summed E-state index contributed by atoms with van der Waals surface area (Å²) in [6, 6.07) is 5.25. The van der Waals surface area contributed by atoms with Gasteiger partial charge in [-0.15, -0.1) is 11.8 Å². The molecule has 0 aliphatic heterocycles. The van der Waals surface area contributed by atoms with Crippen molar-refractivity contribution in [3.05, 3.63) is 28.8 Å². The number of hydrogen-bond acceptors (Lipinski definition) is 3. The zero-order valence-electron chi connectivity index (χ0n) is 10.6. The van der Waals surface area contributed by atoms with Crippen LogP contribution < -0.4 is 5.32 Å². The molecule has 0 fully saturated rings. The molecule has 5 heteroatoms. The van der Waals surface area contributed by atoms with Crippen LogP contribution in [0.1, 0.15) is 31.1 Å². The number of Topliss-reactive ketones (excluding diaryl/α,β-unsaturated/α-hetero) is 1. The Labute approximate surface area is 116 Å². The van der Waals surface area contributed by atoms with Crippen LogP contribution in [0.15, 0.2) is 23.1 Å². The maximum atomic E-state index is 11.5. The highest BCUT2D eigenvalue weighted by molar-refractivity contribution is 8.00. The molecule has 0 saturated heterocycles. The number of halogens is 1. The van der Waals surface area contributed by atoms with Crippen molar-refractivity contribution in [2.24, 2.45) is 0 Å². The summed E-state index contributed by atoms with van der Waals surface area (Å²) in [5, 5.41) is 3.31. The van der Waals surface area contributed by atoms with Crippen molar-refractivity contribution in [3.63, 3.8) is 0 Å². The summed E-state index contributed by atoms with van der Waals surface area (Å²) in [5.74, 6) is 0.268. The molecule has 0 saturated carbocycles. The molecule has 0 aliphatic rings. The van der Waals surface area contributed by atoms with Crippen molar-refractivity contribution >= 4 is 35.1 Å². The Kier molecular flexibility index (Phi) is 5.69. The Balaban J connectivity index is 2.63. The van der Waals surface area contributed by atoms with Gasteiger partial charge in [-0.3, -0.25) is 9.59 Å². The largest absolute Gasteiger partial charge is 0.353 e. The molecule has 0 radical (unpaired) electrons. The lowest BCUT2D eigenvalue weighted by Gasteiger charge is -2.09. The van der Waals surface area contributed by atoms with E-state index in [1.165, 1.54) is 18.7 Å². The summed E-state index contributed by atoms with van der Waals surface area (Å²) in [6.45, 7) is 5.32. The third-order valence-electron chi connectivity index (χ3n) is 2.15. The van der Waals surface area contributed by atoms with E-state index < -0.39 is 0 Å². The second-order valence-corrected chi connectivity index (χ2v) is 5.64. The van der Waals surface area contributed by atoms with E-state index in [1.54, 1.807) is 18.2 Å². The summed E-state index contributed by atoms with van der Waals surface area (Å²) < 4.78 is 0. The molecule has 0 spiro atoms. The first-order valence-corrected chi connectivity index (χ1v) is 6.99. The Hall–Kier alpha value is -1.00. The summed E-state index contributed by atoms with van der Waals surface area (Å²) in [7, 11) is 0. The lowest BCUT2D eigenvalue weighted by atomic mass is 10.1. The monoisotopic (exact) mass is 285 g/mol. The van der Waals surface area contributed by atoms with E-state index in [-0.39, 0.29) is 17.7 Å². The van der Waals surface area contributed by atoms with E-state index in [0.717, 1.165) is 4.90 Å². The van der Waals surface area contributed by atoms with Crippen LogP contribution in [0, 0.1) is 0 Å². The van der Waals surface area contributed by atoms with Crippen LogP contribution in [0.2, 0.25) is 5.02 Å². The molecule has 1 N–H and O–H groups in total. The molecule has 0 atom stereocenters. The number of amides is 1. The Morgan fingerprint density at radius 1 is 1.39 bits per heavy atom. The minimum atomic E-state index is -0.0262. The fourth-order valence-electron chi connectivity index (χ4n) is 1.34. The topological polar surface area (TPSA) is 46.2 Å². The third kappa shape index (κ3) is 4.70. The molecule has 0 bridgehead atoms. The first-order valence-electron chi connectivity index (χ1n) is 5.62. The smallest absolute Gasteiger partial charge is 0.230 e. The molecular weight excluding hydrogens is 270 g/mol. The van der Waals surface area contributed by atoms with Crippen LogP contribution in [0.25, 0.3) is 0 Å². The molecule has 0 aromatic heterocycles. The van der Waals surface area contributed by atoms with Gasteiger partial charge in [0.25, 0.3) is 0 Å². The number of carbonyl (C=O) groups excluding carboxylic acids is 2. The molecule has 1 amide bonds. The zero-order valence-corrected chi connectivity index (χ0v) is 12.2. The van der Waals surface area contributed by atoms with Gasteiger partial charge in [0.05, 0.1) is 10.8 Å². The predicted octanol–water partition coefficient (Wildman–Crippen LogP) is 3.16. The first-order chi connectivity index (χ1) is 8.40. The number of benzene rings is 1. The minimum absolute atomic E-state index is 0.0222. The van der Waals surface area contributed by atoms with Crippen LogP contribution in [-0.4, -0.2) is 23.5 Å². The van der Waals surface area contributed by atoms with Crippen LogP contribution in [0.5, 0.6) is 0 Å². The van der Waals surface area contributed by atoms with Crippen molar-refractivity contribution in [3.8, 4) is 0 Å². The molecule has 1 aromatic rings. The third-order valence-corrected chi connectivity index (χ3v) is 3.65. The Morgan fingerprint density at radius 2 is 2.06 bits per heavy atom. The minimum Gasteiger partial charge on any atom is -0.353 e. The van der Waals surface area contributed by atoms with Crippen LogP contribution in [0.4, 0.5) is 0 Å². The molecule has 0 heterocycles. The van der Waals surface area contributed by atoms with E-state index in [1.807, 2.05) is 13.8 Å². The summed E-state index contributed by atoms with van der Waals surface area (Å²) in [6.07, 6.45) is 0. The Morgan fingerprint density at radius 3 is 2.56 bits per heavy atom. The van der Waals surface area contributed by atoms with Crippen molar-refractivity contribution in [2.75, 3.05) is 5.75 Å². The number of nitrogens with one attached hydrogen (secondary N) is 1. The average molecular weight is 286 g/mol. The number of hydrogen-bond donors (Lipinski definition) is 1. The van der Waals surface area contributed by atoms with Crippen molar-refractivity contribution < 1.29 is 9.59 Å². The highest BCUT2D eigenvalue weighted by Gasteiger charge is 2.08. The van der Waals surface area contributed by atoms with E-state index in [2.05, 4.69) is 5.32 Å². The maximum absolute atomic E-state index is 11.5. The lowest BCUT2D eigenvalue weighted by Crippen LogP contribution is -2.31. The normalized spacial score (nSPS) is 10.5. The fraction of sp³-hybridized carbons (Fsp3) is 0.385. The molecule has 1 aromatic carbocycles. The van der Waals surface area contributed by atoms with E-state index in [4.69, 9.17) is 11.6 Å². The summed E-state index contributed by atoms with van der Waals surface area (Å²) in [4.78, 5) is 23.5. The van der Waals surface area contributed by atoms with Gasteiger partial charge in [-0.2, -0.15) is 0 Å². The quantitative estimate of drug-likeness (QED) is 0.668. The molecule has 98 valence electrons. The number of thioether (sulfide) groups is 1. The molecule has 18 heavy (non-hydrogen) atoms. The SMILES string of the molecule is CC(=O)c1ccc(SCC(=O)NC(C)C)c(Cl)c1. The molecular formula is C13H16ClNO2S. The van der Waals surface area contributed by atoms with Gasteiger partial charge >= 0.3 is 0 Å². The highest BCUT2D eigenvalue weighted by Crippen LogP contribution is 2.28. The number of carbonyl (C=O) groups is 2. The highest BCUT2D eigenvalue weighted by atomic mass is 35.5. The van der Waals surface area contributed by atoms with E-state index in [0.29, 0.717) is 16.3 Å². The second kappa shape index (κ2) is 6.81. The standard InChI is InChI=1S/C13H16ClNO2S/c1-8(2)15-13(17)7-18-12-5-4-10(9(3)16)6-11(12)14/h4-6,8H,7H2,1-3H3,(H,15,17). The van der Waals surface area contributed by atoms with Crippen molar-refractivity contribution in [1.82, 2.24) is 5.32 Å². The van der Waals surface area contributed by atoms with Crippen LogP contribution in [0.3, 0.4) is 0 Å². The molecule has 3 nitrogen and oxygen atoms in total. The van der Waals surface area contributed by atoms with Gasteiger partial charge in [0.1, 0.15) is 0 Å². The van der Waals surface area contributed by atoms with Crippen LogP contribution in [-0.2, 0) is 4.79 Å². The van der Waals surface area contributed by atoms with Gasteiger partial charge in [0.15, 0.2) is 5.78 Å². The van der Waals surface area contributed by atoms with Gasteiger partial charge in [-0.05, 0) is 32.9 Å². The zero-order chi connectivity index (χ0) is 13.7. The second-order valence-electron chi connectivity index (χ2n) is 4.21. The maximum Gasteiger partial charge on any atom is 0.230 e. The summed E-state index contributed by atoms with van der Waals surface area (Å²) >= 11 is 7.42. The predicted molar refractivity (Wildman–Crippen MR) is 75.5 cm³/mol. The molecule has 0 unspecified atom stereocenters. The first kappa shape index (κ1) is 15.1. The van der Waals surface area contributed by atoms with E-state index in [9.17, 15) is 9.59 Å². The lowest BCUT2D eigenvalue weighted by molar-refractivity contribution is -0.119. The van der Waals surface area contributed by atoms with Gasteiger partial charge in [0, 0.05) is 16.5 Å².